The molecule has 0 radical (unpaired) electrons. The van der Waals surface area contributed by atoms with Gasteiger partial charge < -0.3 is 4.74 Å². The molecule has 0 unspecified atom stereocenters. The van der Waals surface area contributed by atoms with Crippen molar-refractivity contribution in [3.8, 4) is 0 Å². The van der Waals surface area contributed by atoms with Crippen molar-refractivity contribution < 1.29 is 24.0 Å². The molecular weight excluding hydrogens is 354 g/mol. The highest BCUT2D eigenvalue weighted by Gasteiger charge is 2.45. The molecule has 3 rings (SSSR count). The van der Waals surface area contributed by atoms with Crippen LogP contribution in [0.5, 0.6) is 0 Å². The van der Waals surface area contributed by atoms with Gasteiger partial charge in [0.15, 0.2) is 0 Å². The zero-order valence-corrected chi connectivity index (χ0v) is 15.0. The predicted octanol–water partition coefficient (Wildman–Crippen LogP) is 1.50. The lowest BCUT2D eigenvalue weighted by Crippen LogP contribution is -2.47. The molecule has 9 nitrogen and oxygen atoms in total. The van der Waals surface area contributed by atoms with Gasteiger partial charge in [0.05, 0.1) is 29.9 Å². The van der Waals surface area contributed by atoms with Crippen LogP contribution >= 0.6 is 0 Å². The van der Waals surface area contributed by atoms with E-state index in [0.29, 0.717) is 32.5 Å². The number of anilines is 1. The Morgan fingerprint density at radius 2 is 1.93 bits per heavy atom. The first-order valence-electron chi connectivity index (χ1n) is 8.95. The van der Waals surface area contributed by atoms with Gasteiger partial charge in [0, 0.05) is 6.07 Å². The van der Waals surface area contributed by atoms with Gasteiger partial charge in [0.2, 0.25) is 5.91 Å². The summed E-state index contributed by atoms with van der Waals surface area (Å²) in [5.74, 6) is -1.33. The van der Waals surface area contributed by atoms with E-state index in [0.717, 1.165) is 4.90 Å². The molecule has 0 spiro atoms. The molecule has 0 aliphatic carbocycles. The van der Waals surface area contributed by atoms with Crippen LogP contribution in [0.3, 0.4) is 0 Å². The van der Waals surface area contributed by atoms with Gasteiger partial charge >= 0.3 is 5.97 Å². The fourth-order valence-electron chi connectivity index (χ4n) is 3.67. The Bertz CT molecular complexity index is 772. The van der Waals surface area contributed by atoms with E-state index in [4.69, 9.17) is 4.74 Å². The fraction of sp³-hybridized carbons (Fsp3) is 0.500. The fourth-order valence-corrected chi connectivity index (χ4v) is 3.67. The maximum absolute atomic E-state index is 12.9. The van der Waals surface area contributed by atoms with E-state index >= 15 is 0 Å². The minimum absolute atomic E-state index is 0.00131. The Kier molecular flexibility index (Phi) is 5.50. The van der Waals surface area contributed by atoms with Gasteiger partial charge in [-0.15, -0.1) is 0 Å². The average Bonchev–Trinajstić information content (AvgIpc) is 2.96. The number of nitro groups is 1. The number of hydrogen-bond acceptors (Lipinski definition) is 7. The van der Waals surface area contributed by atoms with E-state index in [-0.39, 0.29) is 29.7 Å². The van der Waals surface area contributed by atoms with Crippen LogP contribution in [0.15, 0.2) is 24.3 Å². The molecule has 2 saturated heterocycles. The number of hydrogen-bond donors (Lipinski definition) is 0. The largest absolute Gasteiger partial charge is 0.466 e. The van der Waals surface area contributed by atoms with Crippen LogP contribution in [0.2, 0.25) is 0 Å². The summed E-state index contributed by atoms with van der Waals surface area (Å²) in [7, 11) is 0. The maximum atomic E-state index is 12.9. The first-order valence-corrected chi connectivity index (χ1v) is 8.95. The van der Waals surface area contributed by atoms with Gasteiger partial charge in [-0.3, -0.25) is 29.4 Å². The van der Waals surface area contributed by atoms with E-state index in [1.165, 1.54) is 18.2 Å². The van der Waals surface area contributed by atoms with Gasteiger partial charge in [-0.2, -0.15) is 0 Å². The minimum atomic E-state index is -0.652. The van der Waals surface area contributed by atoms with Gasteiger partial charge in [0.1, 0.15) is 5.69 Å². The van der Waals surface area contributed by atoms with Crippen molar-refractivity contribution >= 4 is 29.2 Å². The smallest absolute Gasteiger partial charge is 0.309 e. The molecule has 2 heterocycles. The van der Waals surface area contributed by atoms with Crippen molar-refractivity contribution in [1.29, 1.82) is 0 Å². The second-order valence-electron chi connectivity index (χ2n) is 6.60. The molecule has 1 aromatic rings. The molecule has 0 aromatic heterocycles. The van der Waals surface area contributed by atoms with Gasteiger partial charge in [-0.05, 0) is 38.9 Å². The number of nitrogens with zero attached hydrogens (tertiary/aromatic N) is 3. The maximum Gasteiger partial charge on any atom is 0.309 e. The quantitative estimate of drug-likeness (QED) is 0.332. The Hall–Kier alpha value is -2.81. The summed E-state index contributed by atoms with van der Waals surface area (Å²) in [6, 6.07) is 5.07. The number of amides is 2. The Morgan fingerprint density at radius 1 is 1.26 bits per heavy atom. The summed E-state index contributed by atoms with van der Waals surface area (Å²) in [5, 5.41) is 11.2. The van der Waals surface area contributed by atoms with E-state index in [2.05, 4.69) is 0 Å². The molecule has 9 heteroatoms. The highest BCUT2D eigenvalue weighted by atomic mass is 16.6. The molecule has 2 aliphatic rings. The highest BCUT2D eigenvalue weighted by Crippen LogP contribution is 2.34. The van der Waals surface area contributed by atoms with Gasteiger partial charge in [-0.1, -0.05) is 12.1 Å². The second-order valence-corrected chi connectivity index (χ2v) is 6.60. The number of piperidine rings is 1. The molecule has 2 amide bonds. The first kappa shape index (κ1) is 19.0. The number of ether oxygens (including phenoxy) is 1. The van der Waals surface area contributed by atoms with Crippen molar-refractivity contribution in [3.05, 3.63) is 34.4 Å². The number of carbonyl (C=O) groups is 3. The predicted molar refractivity (Wildman–Crippen MR) is 94.9 cm³/mol. The third-order valence-corrected chi connectivity index (χ3v) is 5.03. The number of para-hydroxylation sites is 2. The van der Waals surface area contributed by atoms with E-state index in [1.807, 2.05) is 4.90 Å². The molecule has 2 aliphatic heterocycles. The normalized spacial score (nSPS) is 21.5. The van der Waals surface area contributed by atoms with Crippen LogP contribution in [0, 0.1) is 16.0 Å². The molecule has 0 N–H and O–H groups in total. The number of imide groups is 1. The third-order valence-electron chi connectivity index (χ3n) is 5.03. The zero-order chi connectivity index (χ0) is 19.6. The highest BCUT2D eigenvalue weighted by molar-refractivity contribution is 6.23. The number of likely N-dealkylation sites (tertiary alicyclic amines) is 1. The lowest BCUT2D eigenvalue weighted by atomic mass is 9.95. The molecule has 1 atom stereocenters. The van der Waals surface area contributed by atoms with Crippen LogP contribution in [-0.2, 0) is 19.1 Å². The third kappa shape index (κ3) is 3.68. The van der Waals surface area contributed by atoms with Crippen LogP contribution < -0.4 is 4.90 Å². The lowest BCUT2D eigenvalue weighted by molar-refractivity contribution is -0.384. The first-order chi connectivity index (χ1) is 12.9. The molecule has 0 saturated carbocycles. The van der Waals surface area contributed by atoms with Crippen LogP contribution in [0.1, 0.15) is 26.2 Å². The molecule has 144 valence electrons. The summed E-state index contributed by atoms with van der Waals surface area (Å²) in [6.45, 7) is 3.09. The standard InChI is InChI=1S/C18H21N3O6/c1-2-27-18(24)12-7-9-19(10-8-12)15-11-16(22)20(17(15)23)13-5-3-4-6-14(13)21(25)26/h3-6,12,15H,2,7-11H2,1H3/t15-/m0/s1. The summed E-state index contributed by atoms with van der Waals surface area (Å²) in [6.07, 6.45) is 1.10. The number of benzene rings is 1. The topological polar surface area (TPSA) is 110 Å². The minimum Gasteiger partial charge on any atom is -0.466 e. The monoisotopic (exact) mass is 375 g/mol. The molecular formula is C18H21N3O6. The van der Waals surface area contributed by atoms with Crippen LogP contribution in [0.25, 0.3) is 0 Å². The summed E-state index contributed by atoms with van der Waals surface area (Å²) in [4.78, 5) is 50.6. The Morgan fingerprint density at radius 3 is 2.56 bits per heavy atom. The van der Waals surface area contributed by atoms with Crippen LogP contribution in [-0.4, -0.2) is 53.3 Å². The van der Waals surface area contributed by atoms with Crippen LogP contribution in [0.4, 0.5) is 11.4 Å². The van der Waals surface area contributed by atoms with Crippen molar-refractivity contribution in [2.45, 2.75) is 32.2 Å². The van der Waals surface area contributed by atoms with Gasteiger partial charge in [-0.25, -0.2) is 4.90 Å². The zero-order valence-electron chi connectivity index (χ0n) is 15.0. The number of nitro benzene ring substituents is 1. The van der Waals surface area contributed by atoms with Crippen molar-refractivity contribution in [2.75, 3.05) is 24.6 Å². The average molecular weight is 375 g/mol. The van der Waals surface area contributed by atoms with Crippen molar-refractivity contribution in [2.24, 2.45) is 5.92 Å². The van der Waals surface area contributed by atoms with Crippen molar-refractivity contribution in [1.82, 2.24) is 4.90 Å². The van der Waals surface area contributed by atoms with Gasteiger partial charge in [0.25, 0.3) is 11.6 Å². The molecule has 1 aromatic carbocycles. The summed E-state index contributed by atoms with van der Waals surface area (Å²) >= 11 is 0. The Balaban J connectivity index is 1.73. The SMILES string of the molecule is CCOC(=O)C1CCN([C@H]2CC(=O)N(c3ccccc3[N+](=O)[O-])C2=O)CC1. The number of esters is 1. The molecule has 27 heavy (non-hydrogen) atoms. The van der Waals surface area contributed by atoms with Crippen molar-refractivity contribution in [3.63, 3.8) is 0 Å². The molecule has 0 bridgehead atoms. The summed E-state index contributed by atoms with van der Waals surface area (Å²) in [5.41, 5.74) is -0.276. The van der Waals surface area contributed by atoms with E-state index in [9.17, 15) is 24.5 Å². The lowest BCUT2D eigenvalue weighted by Gasteiger charge is -2.33. The second kappa shape index (κ2) is 7.83. The number of rotatable bonds is 5. The number of carbonyl (C=O) groups excluding carboxylic acids is 3. The van der Waals surface area contributed by atoms with E-state index < -0.39 is 22.8 Å². The van der Waals surface area contributed by atoms with E-state index in [1.54, 1.807) is 13.0 Å². The summed E-state index contributed by atoms with van der Waals surface area (Å²) < 4.78 is 5.04. The Labute approximate surface area is 156 Å². The molecule has 2 fully saturated rings.